The second-order valence-electron chi connectivity index (χ2n) is 7.45. The Bertz CT molecular complexity index is 1010. The highest BCUT2D eigenvalue weighted by molar-refractivity contribution is 6.46. The number of ether oxygens (including phenoxy) is 2. The molecule has 1 aliphatic heterocycles. The van der Waals surface area contributed by atoms with Gasteiger partial charge in [0.1, 0.15) is 23.0 Å². The number of aliphatic hydroxyl groups is 1. The molecule has 8 heteroatoms. The number of ketones is 1. The lowest BCUT2D eigenvalue weighted by Crippen LogP contribution is -2.35. The molecule has 2 aromatic carbocycles. The molecule has 1 fully saturated rings. The fraction of sp³-hybridized carbons (Fsp3) is 0.304. The van der Waals surface area contributed by atoms with Gasteiger partial charge in [-0.1, -0.05) is 12.1 Å². The summed E-state index contributed by atoms with van der Waals surface area (Å²) in [4.78, 5) is 29.2. The number of carbonyl (C=O) groups excluding carboxylic acids is 2. The highest BCUT2D eigenvalue weighted by Gasteiger charge is 2.46. The van der Waals surface area contributed by atoms with Gasteiger partial charge in [0.15, 0.2) is 0 Å². The molecule has 0 spiro atoms. The maximum atomic E-state index is 13.0. The highest BCUT2D eigenvalue weighted by atomic mass is 16.5. The highest BCUT2D eigenvalue weighted by Crippen LogP contribution is 2.41. The fourth-order valence-corrected chi connectivity index (χ4v) is 3.53. The van der Waals surface area contributed by atoms with Gasteiger partial charge in [-0.25, -0.2) is 0 Å². The lowest BCUT2D eigenvalue weighted by molar-refractivity contribution is -0.140. The summed E-state index contributed by atoms with van der Waals surface area (Å²) in [5, 5.41) is 21.4. The Morgan fingerprint density at radius 2 is 1.65 bits per heavy atom. The van der Waals surface area contributed by atoms with Gasteiger partial charge in [-0.15, -0.1) is 0 Å². The third-order valence-electron chi connectivity index (χ3n) is 5.22. The molecule has 2 N–H and O–H groups in total. The molecule has 31 heavy (non-hydrogen) atoms. The van der Waals surface area contributed by atoms with Crippen molar-refractivity contribution < 1.29 is 29.3 Å². The van der Waals surface area contributed by atoms with Crippen LogP contribution in [0.5, 0.6) is 17.2 Å². The number of benzene rings is 2. The standard InChI is InChI=1S/C23H26N2O6/c1-24(2)11-12-25-20(14-5-7-15(30-3)8-6-14)19(22(28)23(25)29)21(27)17-10-9-16(31-4)13-18(17)26/h5-10,13,20,26-27H,11-12H2,1-4H3/t20-/m1/s1. The maximum absolute atomic E-state index is 13.0. The molecule has 0 aromatic heterocycles. The van der Waals surface area contributed by atoms with Crippen molar-refractivity contribution in [2.45, 2.75) is 6.04 Å². The molecule has 1 atom stereocenters. The van der Waals surface area contributed by atoms with E-state index in [1.165, 1.54) is 24.1 Å². The number of phenols is 1. The first-order chi connectivity index (χ1) is 14.8. The van der Waals surface area contributed by atoms with Crippen molar-refractivity contribution in [1.82, 2.24) is 9.80 Å². The van der Waals surface area contributed by atoms with Crippen LogP contribution in [0, 0.1) is 0 Å². The summed E-state index contributed by atoms with van der Waals surface area (Å²) < 4.78 is 10.3. The summed E-state index contributed by atoms with van der Waals surface area (Å²) in [7, 11) is 6.74. The summed E-state index contributed by atoms with van der Waals surface area (Å²) in [6.45, 7) is 0.827. The molecule has 0 radical (unpaired) electrons. The number of likely N-dealkylation sites (tertiary alicyclic amines) is 1. The average Bonchev–Trinajstić information content (AvgIpc) is 3.01. The number of likely N-dealkylation sites (N-methyl/N-ethyl adjacent to an activating group) is 1. The maximum Gasteiger partial charge on any atom is 0.295 e. The lowest BCUT2D eigenvalue weighted by atomic mass is 9.95. The van der Waals surface area contributed by atoms with Crippen LogP contribution in [0.15, 0.2) is 48.0 Å². The molecule has 0 bridgehead atoms. The molecular weight excluding hydrogens is 400 g/mol. The van der Waals surface area contributed by atoms with E-state index in [9.17, 15) is 19.8 Å². The van der Waals surface area contributed by atoms with Crippen molar-refractivity contribution in [3.8, 4) is 17.2 Å². The predicted molar refractivity (Wildman–Crippen MR) is 115 cm³/mol. The summed E-state index contributed by atoms with van der Waals surface area (Å²) in [5.41, 5.74) is 0.618. The molecule has 164 valence electrons. The zero-order valence-corrected chi connectivity index (χ0v) is 18.0. The van der Waals surface area contributed by atoms with Gasteiger partial charge in [-0.05, 0) is 43.9 Å². The molecule has 8 nitrogen and oxygen atoms in total. The van der Waals surface area contributed by atoms with Crippen LogP contribution in [0.2, 0.25) is 0 Å². The molecule has 2 aromatic rings. The monoisotopic (exact) mass is 426 g/mol. The van der Waals surface area contributed by atoms with E-state index in [2.05, 4.69) is 0 Å². The van der Waals surface area contributed by atoms with Gasteiger partial charge in [-0.2, -0.15) is 0 Å². The Labute approximate surface area is 180 Å². The number of amides is 1. The van der Waals surface area contributed by atoms with Gasteiger partial charge in [-0.3, -0.25) is 9.59 Å². The van der Waals surface area contributed by atoms with Gasteiger partial charge < -0.3 is 29.5 Å². The normalized spacial score (nSPS) is 18.0. The van der Waals surface area contributed by atoms with E-state index in [4.69, 9.17) is 9.47 Å². The van der Waals surface area contributed by atoms with Gasteiger partial charge in [0.25, 0.3) is 11.7 Å². The average molecular weight is 426 g/mol. The molecule has 0 saturated carbocycles. The number of phenolic OH excluding ortho intramolecular Hbond substituents is 1. The second-order valence-corrected chi connectivity index (χ2v) is 7.45. The van der Waals surface area contributed by atoms with E-state index in [1.54, 1.807) is 37.4 Å². The van der Waals surface area contributed by atoms with Crippen LogP contribution in [0.1, 0.15) is 17.2 Å². The van der Waals surface area contributed by atoms with Crippen molar-refractivity contribution in [3.05, 3.63) is 59.2 Å². The third kappa shape index (κ3) is 4.34. The van der Waals surface area contributed by atoms with E-state index >= 15 is 0 Å². The number of aliphatic hydroxyl groups excluding tert-OH is 1. The molecule has 0 aliphatic carbocycles. The van der Waals surface area contributed by atoms with Gasteiger partial charge in [0.05, 0.1) is 31.4 Å². The van der Waals surface area contributed by atoms with Gasteiger partial charge in [0, 0.05) is 19.2 Å². The van der Waals surface area contributed by atoms with E-state index in [-0.39, 0.29) is 16.9 Å². The minimum atomic E-state index is -0.799. The van der Waals surface area contributed by atoms with Crippen molar-refractivity contribution in [3.63, 3.8) is 0 Å². The molecule has 1 saturated heterocycles. The molecule has 1 amide bonds. The van der Waals surface area contributed by atoms with E-state index in [1.807, 2.05) is 19.0 Å². The Hall–Kier alpha value is -3.52. The zero-order chi connectivity index (χ0) is 22.7. The Kier molecular flexibility index (Phi) is 6.50. The Balaban J connectivity index is 2.15. The number of hydrogen-bond donors (Lipinski definition) is 2. The fourth-order valence-electron chi connectivity index (χ4n) is 3.53. The molecule has 1 aliphatic rings. The van der Waals surface area contributed by atoms with Gasteiger partial charge >= 0.3 is 0 Å². The van der Waals surface area contributed by atoms with Crippen molar-refractivity contribution in [1.29, 1.82) is 0 Å². The second kappa shape index (κ2) is 9.09. The molecular formula is C23H26N2O6. The van der Waals surface area contributed by atoms with Crippen LogP contribution in [0.25, 0.3) is 5.76 Å². The van der Waals surface area contributed by atoms with Crippen LogP contribution in [-0.4, -0.2) is 73.1 Å². The quantitative estimate of drug-likeness (QED) is 0.398. The minimum absolute atomic E-state index is 0.0462. The van der Waals surface area contributed by atoms with Crippen LogP contribution >= 0.6 is 0 Å². The Morgan fingerprint density at radius 3 is 2.19 bits per heavy atom. The molecule has 0 unspecified atom stereocenters. The number of carbonyl (C=O) groups is 2. The minimum Gasteiger partial charge on any atom is -0.507 e. The lowest BCUT2D eigenvalue weighted by Gasteiger charge is -2.26. The van der Waals surface area contributed by atoms with E-state index in [0.717, 1.165) is 0 Å². The largest absolute Gasteiger partial charge is 0.507 e. The van der Waals surface area contributed by atoms with Crippen LogP contribution in [0.4, 0.5) is 0 Å². The number of Topliss-reactive ketones (excluding diaryl/α,β-unsaturated/α-hetero) is 1. The topological polar surface area (TPSA) is 99.5 Å². The first kappa shape index (κ1) is 22.2. The van der Waals surface area contributed by atoms with Crippen molar-refractivity contribution >= 4 is 17.4 Å². The number of methoxy groups -OCH3 is 2. The first-order valence-corrected chi connectivity index (χ1v) is 9.73. The van der Waals surface area contributed by atoms with Crippen molar-refractivity contribution in [2.75, 3.05) is 41.4 Å². The first-order valence-electron chi connectivity index (χ1n) is 9.73. The van der Waals surface area contributed by atoms with E-state index in [0.29, 0.717) is 30.2 Å². The summed E-state index contributed by atoms with van der Waals surface area (Å²) in [6, 6.07) is 10.5. The van der Waals surface area contributed by atoms with Crippen LogP contribution in [-0.2, 0) is 9.59 Å². The number of nitrogens with zero attached hydrogens (tertiary/aromatic N) is 2. The van der Waals surface area contributed by atoms with Crippen molar-refractivity contribution in [2.24, 2.45) is 0 Å². The number of aromatic hydroxyl groups is 1. The third-order valence-corrected chi connectivity index (χ3v) is 5.22. The summed E-state index contributed by atoms with van der Waals surface area (Å²) in [6.07, 6.45) is 0. The molecule has 3 rings (SSSR count). The smallest absolute Gasteiger partial charge is 0.295 e. The predicted octanol–water partition coefficient (Wildman–Crippen LogP) is 2.39. The number of rotatable bonds is 7. The molecule has 1 heterocycles. The summed E-state index contributed by atoms with van der Waals surface area (Å²) in [5.74, 6) is -1.17. The Morgan fingerprint density at radius 1 is 1.03 bits per heavy atom. The number of hydrogen-bond acceptors (Lipinski definition) is 7. The zero-order valence-electron chi connectivity index (χ0n) is 18.0. The van der Waals surface area contributed by atoms with E-state index < -0.39 is 23.5 Å². The van der Waals surface area contributed by atoms with Crippen LogP contribution in [0.3, 0.4) is 0 Å². The van der Waals surface area contributed by atoms with Gasteiger partial charge in [0.2, 0.25) is 0 Å². The summed E-state index contributed by atoms with van der Waals surface area (Å²) >= 11 is 0. The van der Waals surface area contributed by atoms with Crippen LogP contribution < -0.4 is 9.47 Å². The SMILES string of the molecule is COc1ccc([C@@H]2C(=C(O)c3ccc(OC)cc3O)C(=O)C(=O)N2CCN(C)C)cc1.